The molecule has 2 N–H and O–H groups in total. The number of benzene rings is 1. The van der Waals surface area contributed by atoms with E-state index in [1.807, 2.05) is 0 Å². The molecule has 0 aliphatic rings. The zero-order valence-corrected chi connectivity index (χ0v) is 16.0. The van der Waals surface area contributed by atoms with Gasteiger partial charge in [-0.25, -0.2) is 4.79 Å². The quantitative estimate of drug-likeness (QED) is 0.601. The van der Waals surface area contributed by atoms with Gasteiger partial charge in [-0.05, 0) is 36.3 Å². The van der Waals surface area contributed by atoms with Gasteiger partial charge in [-0.15, -0.1) is 0 Å². The molecule has 1 aromatic rings. The molecule has 0 radical (unpaired) electrons. The molecule has 0 aliphatic heterocycles. The average molecular weight is 354 g/mol. The Morgan fingerprint density at radius 3 is 2.29 bits per heavy atom. The molecule has 0 aromatic heterocycles. The Kier molecular flexibility index (Phi) is 6.05. The second-order valence-electron chi connectivity index (χ2n) is 7.29. The van der Waals surface area contributed by atoms with Gasteiger partial charge in [0, 0.05) is 18.9 Å². The summed E-state index contributed by atoms with van der Waals surface area (Å²) < 4.78 is 10.9. The standard InChI is InChI=1S/C17H26O6Si/c1-11(18)22-15(16(20)21)10-12-9-13(7-8-14(12)19)23-24(5,6)17(2,3)4/h7-9,15,19H,10H2,1-6H3,(H,20,21)/t15-/m1/s1. The van der Waals surface area contributed by atoms with Crippen LogP contribution in [0.4, 0.5) is 0 Å². The summed E-state index contributed by atoms with van der Waals surface area (Å²) in [7, 11) is -2.06. The number of phenolic OH excluding ortho intramolecular Hbond substituents is 1. The molecule has 1 aromatic carbocycles. The Morgan fingerprint density at radius 1 is 1.25 bits per heavy atom. The number of carbonyl (C=O) groups is 2. The zero-order chi connectivity index (χ0) is 18.7. The minimum absolute atomic E-state index is 0.00634. The fraction of sp³-hybridized carbons (Fsp3) is 0.529. The number of carboxylic acids is 1. The maximum atomic E-state index is 11.2. The number of carbonyl (C=O) groups excluding carboxylic acids is 1. The van der Waals surface area contributed by atoms with Crippen LogP contribution in [-0.4, -0.2) is 36.6 Å². The lowest BCUT2D eigenvalue weighted by molar-refractivity contribution is -0.162. The Hall–Kier alpha value is -2.02. The first-order valence-corrected chi connectivity index (χ1v) is 10.7. The maximum absolute atomic E-state index is 11.2. The number of hydrogen-bond acceptors (Lipinski definition) is 5. The molecule has 1 rings (SSSR count). The lowest BCUT2D eigenvalue weighted by atomic mass is 10.1. The monoisotopic (exact) mass is 354 g/mol. The van der Waals surface area contributed by atoms with E-state index in [4.69, 9.17) is 14.3 Å². The molecular formula is C17H26O6Si. The molecule has 0 bridgehead atoms. The third-order valence-corrected chi connectivity index (χ3v) is 8.58. The molecule has 0 spiro atoms. The topological polar surface area (TPSA) is 93.1 Å². The van der Waals surface area contributed by atoms with Crippen molar-refractivity contribution >= 4 is 20.3 Å². The van der Waals surface area contributed by atoms with Crippen LogP contribution in [0.2, 0.25) is 18.1 Å². The second kappa shape index (κ2) is 7.25. The van der Waals surface area contributed by atoms with Gasteiger partial charge in [0.15, 0.2) is 0 Å². The van der Waals surface area contributed by atoms with Gasteiger partial charge < -0.3 is 19.4 Å². The second-order valence-corrected chi connectivity index (χ2v) is 12.0. The van der Waals surface area contributed by atoms with Crippen molar-refractivity contribution in [1.82, 2.24) is 0 Å². The van der Waals surface area contributed by atoms with Crippen molar-refractivity contribution in [1.29, 1.82) is 0 Å². The van der Waals surface area contributed by atoms with Gasteiger partial charge in [0.25, 0.3) is 0 Å². The Balaban J connectivity index is 3.05. The van der Waals surface area contributed by atoms with Crippen LogP contribution in [0.5, 0.6) is 11.5 Å². The summed E-state index contributed by atoms with van der Waals surface area (Å²) in [5.41, 5.74) is 0.361. The summed E-state index contributed by atoms with van der Waals surface area (Å²) in [4.78, 5) is 22.2. The molecule has 7 heteroatoms. The lowest BCUT2D eigenvalue weighted by Gasteiger charge is -2.36. The number of phenols is 1. The normalized spacial score (nSPS) is 13.2. The summed E-state index contributed by atoms with van der Waals surface area (Å²) >= 11 is 0. The van der Waals surface area contributed by atoms with Crippen molar-refractivity contribution in [3.05, 3.63) is 23.8 Å². The van der Waals surface area contributed by atoms with Crippen LogP contribution >= 0.6 is 0 Å². The first kappa shape index (κ1) is 20.0. The Labute approximate surface area is 143 Å². The van der Waals surface area contributed by atoms with Gasteiger partial charge in [-0.2, -0.15) is 0 Å². The van der Waals surface area contributed by atoms with Crippen molar-refractivity contribution in [2.24, 2.45) is 0 Å². The smallest absolute Gasteiger partial charge is 0.345 e. The van der Waals surface area contributed by atoms with E-state index in [1.54, 1.807) is 12.1 Å². The number of esters is 1. The van der Waals surface area contributed by atoms with Gasteiger partial charge in [-0.1, -0.05) is 20.8 Å². The van der Waals surface area contributed by atoms with Crippen LogP contribution in [0.25, 0.3) is 0 Å². The van der Waals surface area contributed by atoms with E-state index in [2.05, 4.69) is 33.9 Å². The maximum Gasteiger partial charge on any atom is 0.345 e. The molecule has 1 atom stereocenters. The highest BCUT2D eigenvalue weighted by molar-refractivity contribution is 6.74. The van der Waals surface area contributed by atoms with E-state index >= 15 is 0 Å². The molecule has 0 amide bonds. The van der Waals surface area contributed by atoms with Crippen LogP contribution in [0.1, 0.15) is 33.3 Å². The third kappa shape index (κ3) is 5.26. The van der Waals surface area contributed by atoms with Gasteiger partial charge in [-0.3, -0.25) is 4.79 Å². The fourth-order valence-corrected chi connectivity index (χ4v) is 2.84. The van der Waals surface area contributed by atoms with E-state index in [9.17, 15) is 14.7 Å². The Morgan fingerprint density at radius 2 is 1.83 bits per heavy atom. The van der Waals surface area contributed by atoms with Crippen LogP contribution < -0.4 is 4.43 Å². The SMILES string of the molecule is CC(=O)O[C@H](Cc1cc(O[Si](C)(C)C(C)(C)C)ccc1O)C(=O)O. The highest BCUT2D eigenvalue weighted by Gasteiger charge is 2.39. The van der Waals surface area contributed by atoms with Gasteiger partial charge in [0.2, 0.25) is 14.4 Å². The highest BCUT2D eigenvalue weighted by atomic mass is 28.4. The summed E-state index contributed by atoms with van der Waals surface area (Å²) in [6.45, 7) is 11.7. The van der Waals surface area contributed by atoms with E-state index in [0.717, 1.165) is 6.92 Å². The molecule has 0 saturated heterocycles. The summed E-state index contributed by atoms with van der Waals surface area (Å²) in [6.07, 6.45) is -1.48. The van der Waals surface area contributed by atoms with Crippen molar-refractivity contribution in [2.75, 3.05) is 0 Å². The zero-order valence-electron chi connectivity index (χ0n) is 15.0. The molecule has 0 saturated carbocycles. The van der Waals surface area contributed by atoms with Crippen LogP contribution in [-0.2, 0) is 20.7 Å². The predicted molar refractivity (Wildman–Crippen MR) is 92.8 cm³/mol. The largest absolute Gasteiger partial charge is 0.543 e. The molecule has 134 valence electrons. The van der Waals surface area contributed by atoms with Gasteiger partial charge in [0.05, 0.1) is 0 Å². The minimum atomic E-state index is -2.06. The molecule has 0 unspecified atom stereocenters. The van der Waals surface area contributed by atoms with Crippen LogP contribution in [0, 0.1) is 0 Å². The van der Waals surface area contributed by atoms with E-state index in [-0.39, 0.29) is 17.2 Å². The van der Waals surface area contributed by atoms with Crippen LogP contribution in [0.3, 0.4) is 0 Å². The van der Waals surface area contributed by atoms with E-state index < -0.39 is 26.4 Å². The van der Waals surface area contributed by atoms with Gasteiger partial charge in [0.1, 0.15) is 11.5 Å². The number of hydrogen-bond donors (Lipinski definition) is 2. The summed E-state index contributed by atoms with van der Waals surface area (Å²) in [5.74, 6) is -1.44. The highest BCUT2D eigenvalue weighted by Crippen LogP contribution is 2.38. The lowest BCUT2D eigenvalue weighted by Crippen LogP contribution is -2.43. The van der Waals surface area contributed by atoms with Crippen LogP contribution in [0.15, 0.2) is 18.2 Å². The molecule has 0 fully saturated rings. The fourth-order valence-electron chi connectivity index (χ4n) is 1.82. The molecule has 6 nitrogen and oxygen atoms in total. The number of aliphatic carboxylic acids is 1. The molecular weight excluding hydrogens is 328 g/mol. The van der Waals surface area contributed by atoms with E-state index in [1.165, 1.54) is 6.07 Å². The summed E-state index contributed by atoms with van der Waals surface area (Å²) in [6, 6.07) is 4.72. The molecule has 0 aliphatic carbocycles. The number of rotatable bonds is 6. The van der Waals surface area contributed by atoms with Crippen molar-refractivity contribution in [3.63, 3.8) is 0 Å². The molecule has 24 heavy (non-hydrogen) atoms. The molecule has 0 heterocycles. The minimum Gasteiger partial charge on any atom is -0.543 e. The average Bonchev–Trinajstić information content (AvgIpc) is 2.39. The first-order chi connectivity index (χ1) is 10.8. The van der Waals surface area contributed by atoms with Crippen molar-refractivity contribution in [3.8, 4) is 11.5 Å². The van der Waals surface area contributed by atoms with Gasteiger partial charge >= 0.3 is 11.9 Å². The number of ether oxygens (including phenoxy) is 1. The third-order valence-electron chi connectivity index (χ3n) is 4.22. The number of aromatic hydroxyl groups is 1. The first-order valence-electron chi connectivity index (χ1n) is 7.74. The van der Waals surface area contributed by atoms with Crippen molar-refractivity contribution in [2.45, 2.75) is 58.4 Å². The van der Waals surface area contributed by atoms with Crippen molar-refractivity contribution < 1.29 is 29.0 Å². The number of carboxylic acid groups (broad SMARTS) is 1. The Bertz CT molecular complexity index is 618. The predicted octanol–water partition coefficient (Wildman–Crippen LogP) is 3.34. The summed E-state index contributed by atoms with van der Waals surface area (Å²) in [5, 5.41) is 19.1. The van der Waals surface area contributed by atoms with E-state index in [0.29, 0.717) is 11.3 Å².